The number of rotatable bonds is 3. The second-order valence-electron chi connectivity index (χ2n) is 7.07. The summed E-state index contributed by atoms with van der Waals surface area (Å²) in [6.07, 6.45) is 7.93. The molecule has 0 radical (unpaired) electrons. The fourth-order valence-electron chi connectivity index (χ4n) is 3.24. The highest BCUT2D eigenvalue weighted by Crippen LogP contribution is 2.22. The van der Waals surface area contributed by atoms with Gasteiger partial charge in [-0.15, -0.1) is 0 Å². The van der Waals surface area contributed by atoms with Crippen LogP contribution in [0.25, 0.3) is 16.4 Å². The zero-order valence-electron chi connectivity index (χ0n) is 16.9. The predicted octanol–water partition coefficient (Wildman–Crippen LogP) is 3.22. The summed E-state index contributed by atoms with van der Waals surface area (Å²) < 4.78 is 25.0. The lowest BCUT2D eigenvalue weighted by Gasteiger charge is -2.08. The average Bonchev–Trinajstić information content (AvgIpc) is 3.27. The largest absolute Gasteiger partial charge is 0.340 e. The third-order valence-corrected chi connectivity index (χ3v) is 5.95. The molecule has 0 saturated heterocycles. The van der Waals surface area contributed by atoms with Gasteiger partial charge in [-0.2, -0.15) is 5.10 Å². The minimum Gasteiger partial charge on any atom is -0.340 e. The van der Waals surface area contributed by atoms with Crippen molar-refractivity contribution < 1.29 is 8.42 Å². The standard InChI is InChI=1S/C23H16N6O2S/c1-32(30,31)19-7-5-18(6-8-19)28-22-13-20-17(14-25-22)10-11-24-21(20)9-4-16-3-2-12-29-23(16)26-15-27-29/h2-3,5-8,10-15H,1H3,(H,25,28). The number of nitrogens with zero attached hydrogens (tertiary/aromatic N) is 5. The molecule has 0 unspecified atom stereocenters. The Hall–Kier alpha value is -4.29. The van der Waals surface area contributed by atoms with Crippen molar-refractivity contribution >= 4 is 37.8 Å². The molecule has 5 rings (SSSR count). The minimum absolute atomic E-state index is 0.263. The summed E-state index contributed by atoms with van der Waals surface area (Å²) >= 11 is 0. The Morgan fingerprint density at radius 3 is 2.66 bits per heavy atom. The summed E-state index contributed by atoms with van der Waals surface area (Å²) in [5, 5.41) is 9.07. The van der Waals surface area contributed by atoms with Crippen LogP contribution in [0.2, 0.25) is 0 Å². The van der Waals surface area contributed by atoms with Crippen molar-refractivity contribution in [1.29, 1.82) is 0 Å². The van der Waals surface area contributed by atoms with E-state index in [1.807, 2.05) is 30.5 Å². The predicted molar refractivity (Wildman–Crippen MR) is 121 cm³/mol. The van der Waals surface area contributed by atoms with E-state index in [2.05, 4.69) is 37.2 Å². The maximum absolute atomic E-state index is 11.6. The van der Waals surface area contributed by atoms with Crippen LogP contribution in [0.4, 0.5) is 11.5 Å². The first kappa shape index (κ1) is 19.7. The maximum atomic E-state index is 11.6. The van der Waals surface area contributed by atoms with E-state index < -0.39 is 9.84 Å². The van der Waals surface area contributed by atoms with Gasteiger partial charge in [-0.3, -0.25) is 0 Å². The normalized spacial score (nSPS) is 11.3. The van der Waals surface area contributed by atoms with Crippen molar-refractivity contribution in [2.75, 3.05) is 11.6 Å². The van der Waals surface area contributed by atoms with Gasteiger partial charge in [0.1, 0.15) is 17.8 Å². The summed E-state index contributed by atoms with van der Waals surface area (Å²) in [4.78, 5) is 13.4. The topological polar surface area (TPSA) is 102 Å². The molecule has 0 aliphatic heterocycles. The van der Waals surface area contributed by atoms with Gasteiger partial charge in [-0.05, 0) is 54.5 Å². The van der Waals surface area contributed by atoms with E-state index in [9.17, 15) is 8.42 Å². The molecule has 9 heteroatoms. The van der Waals surface area contributed by atoms with Gasteiger partial charge < -0.3 is 5.32 Å². The SMILES string of the molecule is CS(=O)(=O)c1ccc(Nc2cc3c(C#Cc4cccn5ncnc45)nccc3cn2)cc1. The average molecular weight is 440 g/mol. The quantitative estimate of drug-likeness (QED) is 0.430. The van der Waals surface area contributed by atoms with E-state index in [1.165, 1.54) is 12.6 Å². The van der Waals surface area contributed by atoms with E-state index >= 15 is 0 Å². The molecule has 32 heavy (non-hydrogen) atoms. The summed E-state index contributed by atoms with van der Waals surface area (Å²) in [6.45, 7) is 0. The molecule has 0 atom stereocenters. The number of fused-ring (bicyclic) bond motifs is 2. The molecule has 0 amide bonds. The van der Waals surface area contributed by atoms with Crippen LogP contribution >= 0.6 is 0 Å². The zero-order valence-corrected chi connectivity index (χ0v) is 17.7. The molecule has 0 fully saturated rings. The second kappa shape index (κ2) is 7.76. The Bertz CT molecular complexity index is 1630. The molecule has 5 aromatic rings. The van der Waals surface area contributed by atoms with Crippen LogP contribution in [-0.2, 0) is 9.84 Å². The van der Waals surface area contributed by atoms with Crippen molar-refractivity contribution in [2.24, 2.45) is 0 Å². The first-order chi connectivity index (χ1) is 15.5. The highest BCUT2D eigenvalue weighted by atomic mass is 32.2. The molecular formula is C23H16N6O2S. The lowest BCUT2D eigenvalue weighted by atomic mass is 10.1. The molecule has 1 N–H and O–H groups in total. The number of anilines is 2. The van der Waals surface area contributed by atoms with Gasteiger partial charge in [0.25, 0.3) is 0 Å². The van der Waals surface area contributed by atoms with Crippen LogP contribution in [0.15, 0.2) is 78.3 Å². The molecule has 0 aliphatic rings. The molecule has 1 aromatic carbocycles. The van der Waals surface area contributed by atoms with Gasteiger partial charge in [-0.1, -0.05) is 5.92 Å². The van der Waals surface area contributed by atoms with Gasteiger partial charge in [0, 0.05) is 41.3 Å². The Morgan fingerprint density at radius 1 is 1.00 bits per heavy atom. The van der Waals surface area contributed by atoms with Crippen LogP contribution in [0.1, 0.15) is 11.3 Å². The molecule has 0 aliphatic carbocycles. The number of hydrogen-bond donors (Lipinski definition) is 1. The lowest BCUT2D eigenvalue weighted by Crippen LogP contribution is -1.98. The minimum atomic E-state index is -3.24. The van der Waals surface area contributed by atoms with Crippen molar-refractivity contribution in [3.8, 4) is 11.8 Å². The Labute approximate surface area is 183 Å². The smallest absolute Gasteiger partial charge is 0.175 e. The van der Waals surface area contributed by atoms with Crippen molar-refractivity contribution in [1.82, 2.24) is 24.6 Å². The van der Waals surface area contributed by atoms with Gasteiger partial charge in [-0.25, -0.2) is 27.9 Å². The Morgan fingerprint density at radius 2 is 1.84 bits per heavy atom. The summed E-state index contributed by atoms with van der Waals surface area (Å²) in [5.74, 6) is 6.87. The molecule has 4 aromatic heterocycles. The molecule has 0 saturated carbocycles. The second-order valence-corrected chi connectivity index (χ2v) is 9.09. The van der Waals surface area contributed by atoms with E-state index in [-0.39, 0.29) is 4.90 Å². The fraction of sp³-hybridized carbons (Fsp3) is 0.0435. The molecular weight excluding hydrogens is 424 g/mol. The first-order valence-electron chi connectivity index (χ1n) is 9.60. The van der Waals surface area contributed by atoms with Crippen LogP contribution in [0.5, 0.6) is 0 Å². The van der Waals surface area contributed by atoms with Crippen LogP contribution in [0.3, 0.4) is 0 Å². The third-order valence-electron chi connectivity index (χ3n) is 4.82. The fourth-order valence-corrected chi connectivity index (χ4v) is 3.87. The van der Waals surface area contributed by atoms with E-state index in [1.54, 1.807) is 41.2 Å². The Balaban J connectivity index is 1.50. The molecule has 4 heterocycles. The molecule has 0 spiro atoms. The number of benzene rings is 1. The van der Waals surface area contributed by atoms with Gasteiger partial charge in [0.05, 0.1) is 10.5 Å². The molecule has 8 nitrogen and oxygen atoms in total. The first-order valence-corrected chi connectivity index (χ1v) is 11.5. The Kier molecular flexibility index (Phi) is 4.77. The summed E-state index contributed by atoms with van der Waals surface area (Å²) in [7, 11) is -3.24. The highest BCUT2D eigenvalue weighted by molar-refractivity contribution is 7.90. The number of nitrogens with one attached hydrogen (secondary N) is 1. The summed E-state index contributed by atoms with van der Waals surface area (Å²) in [6, 6.07) is 14.0. The van der Waals surface area contributed by atoms with Crippen molar-refractivity contribution in [2.45, 2.75) is 4.90 Å². The monoisotopic (exact) mass is 440 g/mol. The van der Waals surface area contributed by atoms with Crippen molar-refractivity contribution in [3.63, 3.8) is 0 Å². The van der Waals surface area contributed by atoms with Crippen molar-refractivity contribution in [3.05, 3.63) is 84.7 Å². The zero-order chi connectivity index (χ0) is 22.1. The number of aromatic nitrogens is 5. The number of hydrogen-bond acceptors (Lipinski definition) is 7. The lowest BCUT2D eigenvalue weighted by molar-refractivity contribution is 0.602. The van der Waals surface area contributed by atoms with Gasteiger partial charge in [0.15, 0.2) is 15.5 Å². The van der Waals surface area contributed by atoms with Crippen LogP contribution < -0.4 is 5.32 Å². The number of pyridine rings is 3. The molecule has 0 bridgehead atoms. The van der Waals surface area contributed by atoms with E-state index in [0.717, 1.165) is 22.0 Å². The van der Waals surface area contributed by atoms with E-state index in [4.69, 9.17) is 0 Å². The maximum Gasteiger partial charge on any atom is 0.175 e. The van der Waals surface area contributed by atoms with Gasteiger partial charge >= 0.3 is 0 Å². The van der Waals surface area contributed by atoms with Crippen LogP contribution in [-0.4, -0.2) is 39.2 Å². The molecule has 156 valence electrons. The summed E-state index contributed by atoms with van der Waals surface area (Å²) in [5.41, 5.74) is 2.77. The highest BCUT2D eigenvalue weighted by Gasteiger charge is 2.08. The van der Waals surface area contributed by atoms with Gasteiger partial charge in [0.2, 0.25) is 0 Å². The van der Waals surface area contributed by atoms with Crippen LogP contribution in [0, 0.1) is 11.8 Å². The number of sulfone groups is 1. The third kappa shape index (κ3) is 3.87. The van der Waals surface area contributed by atoms with E-state index in [0.29, 0.717) is 17.2 Å².